The number of nitrogens with zero attached hydrogens (tertiary/aromatic N) is 4. The highest BCUT2D eigenvalue weighted by Gasteiger charge is 2.21. The highest BCUT2D eigenvalue weighted by molar-refractivity contribution is 5.33. The quantitative estimate of drug-likeness (QED) is 0.890. The largest absolute Gasteiger partial charge is 0.308 e. The summed E-state index contributed by atoms with van der Waals surface area (Å²) in [7, 11) is 0. The van der Waals surface area contributed by atoms with Crippen LogP contribution in [-0.2, 0) is 6.54 Å². The maximum absolute atomic E-state index is 4.69. The molecule has 2 aromatic heterocycles. The van der Waals surface area contributed by atoms with Gasteiger partial charge in [0.25, 0.3) is 0 Å². The summed E-state index contributed by atoms with van der Waals surface area (Å²) in [5.74, 6) is 1.23. The average molecular weight is 257 g/mol. The fourth-order valence-corrected chi connectivity index (χ4v) is 1.97. The van der Waals surface area contributed by atoms with Crippen molar-refractivity contribution in [3.05, 3.63) is 36.2 Å². The molecule has 5 heteroatoms. The summed E-state index contributed by atoms with van der Waals surface area (Å²) in [5.41, 5.74) is 1.98. The van der Waals surface area contributed by atoms with Crippen molar-refractivity contribution in [3.63, 3.8) is 0 Å². The van der Waals surface area contributed by atoms with Crippen LogP contribution in [0.2, 0.25) is 0 Å². The zero-order valence-electron chi connectivity index (χ0n) is 11.4. The average Bonchev–Trinajstić information content (AvgIpc) is 3.08. The molecule has 0 spiro atoms. The van der Waals surface area contributed by atoms with Gasteiger partial charge in [0.05, 0.1) is 11.9 Å². The molecular formula is C14H19N5. The maximum Gasteiger partial charge on any atom is 0.131 e. The van der Waals surface area contributed by atoms with Crippen LogP contribution in [0.5, 0.6) is 0 Å². The maximum atomic E-state index is 4.69. The van der Waals surface area contributed by atoms with E-state index in [1.54, 1.807) is 6.20 Å². The summed E-state index contributed by atoms with van der Waals surface area (Å²) in [5, 5.41) is 7.78. The van der Waals surface area contributed by atoms with Gasteiger partial charge in [-0.2, -0.15) is 5.10 Å². The van der Waals surface area contributed by atoms with Gasteiger partial charge < -0.3 is 5.32 Å². The second kappa shape index (κ2) is 5.09. The second-order valence-corrected chi connectivity index (χ2v) is 5.32. The summed E-state index contributed by atoms with van der Waals surface area (Å²) in [6.45, 7) is 5.00. The van der Waals surface area contributed by atoms with Crippen molar-refractivity contribution >= 4 is 0 Å². The van der Waals surface area contributed by atoms with Crippen molar-refractivity contribution in [2.45, 2.75) is 45.2 Å². The van der Waals surface area contributed by atoms with Crippen LogP contribution in [0, 0.1) is 0 Å². The normalized spacial score (nSPS) is 15.1. The molecule has 0 radical (unpaired) electrons. The van der Waals surface area contributed by atoms with Crippen LogP contribution in [0.25, 0.3) is 5.69 Å². The molecule has 2 aromatic rings. The van der Waals surface area contributed by atoms with Crippen LogP contribution >= 0.6 is 0 Å². The predicted octanol–water partition coefficient (Wildman–Crippen LogP) is 2.04. The lowest BCUT2D eigenvalue weighted by molar-refractivity contribution is 0.650. The molecule has 19 heavy (non-hydrogen) atoms. The van der Waals surface area contributed by atoms with Crippen LogP contribution in [0.3, 0.4) is 0 Å². The minimum atomic E-state index is 0.339. The van der Waals surface area contributed by atoms with E-state index >= 15 is 0 Å². The zero-order valence-corrected chi connectivity index (χ0v) is 11.4. The lowest BCUT2D eigenvalue weighted by Crippen LogP contribution is -2.19. The van der Waals surface area contributed by atoms with Crippen LogP contribution in [0.4, 0.5) is 0 Å². The van der Waals surface area contributed by atoms with E-state index in [0.29, 0.717) is 12.0 Å². The Kier molecular flexibility index (Phi) is 3.29. The van der Waals surface area contributed by atoms with Gasteiger partial charge in [0, 0.05) is 30.9 Å². The molecule has 100 valence electrons. The van der Waals surface area contributed by atoms with Gasteiger partial charge in [0.15, 0.2) is 0 Å². The van der Waals surface area contributed by atoms with E-state index in [1.807, 2.05) is 23.1 Å². The molecule has 5 nitrogen and oxygen atoms in total. The van der Waals surface area contributed by atoms with E-state index in [0.717, 1.165) is 23.8 Å². The van der Waals surface area contributed by atoms with Crippen LogP contribution in [-0.4, -0.2) is 25.8 Å². The van der Waals surface area contributed by atoms with Crippen molar-refractivity contribution in [3.8, 4) is 5.69 Å². The van der Waals surface area contributed by atoms with E-state index in [9.17, 15) is 0 Å². The lowest BCUT2D eigenvalue weighted by Gasteiger charge is -2.12. The fraction of sp³-hybridized carbons (Fsp3) is 0.500. The molecule has 1 aliphatic rings. The molecule has 0 aliphatic heterocycles. The van der Waals surface area contributed by atoms with Gasteiger partial charge in [0.1, 0.15) is 11.5 Å². The van der Waals surface area contributed by atoms with Crippen molar-refractivity contribution in [1.29, 1.82) is 0 Å². The minimum absolute atomic E-state index is 0.339. The topological polar surface area (TPSA) is 55.6 Å². The molecule has 0 atom stereocenters. The molecule has 0 aromatic carbocycles. The van der Waals surface area contributed by atoms with Crippen molar-refractivity contribution in [2.75, 3.05) is 0 Å². The van der Waals surface area contributed by atoms with Gasteiger partial charge in [0.2, 0.25) is 0 Å². The lowest BCUT2D eigenvalue weighted by atomic mass is 10.2. The Hall–Kier alpha value is -1.75. The first-order valence-corrected chi connectivity index (χ1v) is 6.83. The minimum Gasteiger partial charge on any atom is -0.308 e. The second-order valence-electron chi connectivity index (χ2n) is 5.32. The van der Waals surface area contributed by atoms with Crippen molar-refractivity contribution < 1.29 is 0 Å². The van der Waals surface area contributed by atoms with Gasteiger partial charge in [-0.05, 0) is 18.9 Å². The van der Waals surface area contributed by atoms with Crippen LogP contribution < -0.4 is 5.32 Å². The Morgan fingerprint density at radius 2 is 2.26 bits per heavy atom. The van der Waals surface area contributed by atoms with E-state index in [-0.39, 0.29) is 0 Å². The molecule has 1 saturated carbocycles. The third-order valence-electron chi connectivity index (χ3n) is 3.27. The molecule has 1 N–H and O–H groups in total. The highest BCUT2D eigenvalue weighted by Crippen LogP contribution is 2.21. The van der Waals surface area contributed by atoms with E-state index in [1.165, 1.54) is 12.8 Å². The Morgan fingerprint density at radius 1 is 1.42 bits per heavy atom. The molecular weight excluding hydrogens is 238 g/mol. The molecule has 0 saturated heterocycles. The standard InChI is InChI=1S/C14H19N5/c1-10(2)14-16-9-13(19-7-3-6-17-19)12(18-14)8-15-11-4-5-11/h3,6-7,9-11,15H,4-5,8H2,1-2H3. The number of nitrogens with one attached hydrogen (secondary N) is 1. The number of rotatable bonds is 5. The van der Waals surface area contributed by atoms with Crippen molar-refractivity contribution in [2.24, 2.45) is 0 Å². The van der Waals surface area contributed by atoms with E-state index in [2.05, 4.69) is 29.2 Å². The third kappa shape index (κ3) is 2.81. The van der Waals surface area contributed by atoms with E-state index in [4.69, 9.17) is 4.98 Å². The Morgan fingerprint density at radius 3 is 2.89 bits per heavy atom. The molecule has 2 heterocycles. The summed E-state index contributed by atoms with van der Waals surface area (Å²) >= 11 is 0. The van der Waals surface area contributed by atoms with Crippen LogP contribution in [0.15, 0.2) is 24.7 Å². The Balaban J connectivity index is 1.91. The van der Waals surface area contributed by atoms with Gasteiger partial charge in [-0.3, -0.25) is 0 Å². The first-order chi connectivity index (χ1) is 9.24. The van der Waals surface area contributed by atoms with Gasteiger partial charge in [-0.25, -0.2) is 14.6 Å². The highest BCUT2D eigenvalue weighted by atomic mass is 15.3. The number of hydrogen-bond donors (Lipinski definition) is 1. The first-order valence-electron chi connectivity index (χ1n) is 6.83. The van der Waals surface area contributed by atoms with E-state index < -0.39 is 0 Å². The zero-order chi connectivity index (χ0) is 13.2. The Labute approximate surface area is 113 Å². The first kappa shape index (κ1) is 12.3. The number of hydrogen-bond acceptors (Lipinski definition) is 4. The fourth-order valence-electron chi connectivity index (χ4n) is 1.97. The van der Waals surface area contributed by atoms with Crippen molar-refractivity contribution in [1.82, 2.24) is 25.1 Å². The molecule has 0 amide bonds. The molecule has 1 aliphatic carbocycles. The smallest absolute Gasteiger partial charge is 0.131 e. The SMILES string of the molecule is CC(C)c1ncc(-n2cccn2)c(CNC2CC2)n1. The van der Waals surface area contributed by atoms with Gasteiger partial charge in [-0.15, -0.1) is 0 Å². The summed E-state index contributed by atoms with van der Waals surface area (Å²) in [6, 6.07) is 2.58. The Bertz CT molecular complexity index is 543. The predicted molar refractivity (Wildman–Crippen MR) is 73.1 cm³/mol. The molecule has 1 fully saturated rings. The monoisotopic (exact) mass is 257 g/mol. The van der Waals surface area contributed by atoms with Gasteiger partial charge >= 0.3 is 0 Å². The van der Waals surface area contributed by atoms with Gasteiger partial charge in [-0.1, -0.05) is 13.8 Å². The van der Waals surface area contributed by atoms with Crippen LogP contribution in [0.1, 0.15) is 44.1 Å². The molecule has 3 rings (SSSR count). The third-order valence-corrected chi connectivity index (χ3v) is 3.27. The molecule has 0 bridgehead atoms. The summed E-state index contributed by atoms with van der Waals surface area (Å²) in [6.07, 6.45) is 8.13. The molecule has 0 unspecified atom stereocenters. The summed E-state index contributed by atoms with van der Waals surface area (Å²) in [4.78, 5) is 9.13. The number of aromatic nitrogens is 4. The summed E-state index contributed by atoms with van der Waals surface area (Å²) < 4.78 is 1.83.